The molecule has 1 atom stereocenters. The second kappa shape index (κ2) is 5.53. The first kappa shape index (κ1) is 16.0. The molecule has 5 heteroatoms. The fourth-order valence-electron chi connectivity index (χ4n) is 1.79. The van der Waals surface area contributed by atoms with Gasteiger partial charge in [0, 0.05) is 12.6 Å². The van der Waals surface area contributed by atoms with Crippen LogP contribution in [0.4, 0.5) is 5.69 Å². The standard InChI is InChI=1S/C15H22N2O3/c1-10(18)17-15(5,13(19)20-14(2,3)4)11-6-8-12(16)9-7-11/h6-9H,16H2,1-5H3,(H,17,18)/t15-/m1/s1. The van der Waals surface area contributed by atoms with E-state index >= 15 is 0 Å². The smallest absolute Gasteiger partial charge is 0.336 e. The molecule has 0 spiro atoms. The SMILES string of the molecule is CC(=O)N[C@@](C)(C(=O)OC(C)(C)C)c1ccc(N)cc1. The number of hydrogen-bond acceptors (Lipinski definition) is 4. The van der Waals surface area contributed by atoms with Crippen LogP contribution in [0.25, 0.3) is 0 Å². The van der Waals surface area contributed by atoms with E-state index in [4.69, 9.17) is 10.5 Å². The largest absolute Gasteiger partial charge is 0.458 e. The van der Waals surface area contributed by atoms with Crippen molar-refractivity contribution in [1.29, 1.82) is 0 Å². The highest BCUT2D eigenvalue weighted by Crippen LogP contribution is 2.26. The average molecular weight is 278 g/mol. The molecule has 0 saturated carbocycles. The second-order valence-corrected chi connectivity index (χ2v) is 5.93. The molecule has 0 radical (unpaired) electrons. The Morgan fingerprint density at radius 3 is 2.00 bits per heavy atom. The average Bonchev–Trinajstić information content (AvgIpc) is 2.26. The summed E-state index contributed by atoms with van der Waals surface area (Å²) in [5, 5.41) is 2.66. The van der Waals surface area contributed by atoms with E-state index in [1.54, 1.807) is 52.0 Å². The van der Waals surface area contributed by atoms with Crippen LogP contribution >= 0.6 is 0 Å². The monoisotopic (exact) mass is 278 g/mol. The number of amides is 1. The van der Waals surface area contributed by atoms with Gasteiger partial charge in [0.15, 0.2) is 5.54 Å². The van der Waals surface area contributed by atoms with E-state index in [1.807, 2.05) is 0 Å². The molecule has 1 rings (SSSR count). The van der Waals surface area contributed by atoms with Crippen molar-refractivity contribution < 1.29 is 14.3 Å². The lowest BCUT2D eigenvalue weighted by Gasteiger charge is -2.32. The maximum Gasteiger partial charge on any atom is 0.336 e. The number of esters is 1. The maximum atomic E-state index is 12.4. The van der Waals surface area contributed by atoms with E-state index in [9.17, 15) is 9.59 Å². The minimum Gasteiger partial charge on any atom is -0.458 e. The summed E-state index contributed by atoms with van der Waals surface area (Å²) in [6, 6.07) is 6.77. The molecule has 1 aromatic carbocycles. The van der Waals surface area contributed by atoms with Crippen LogP contribution in [0.1, 0.15) is 40.2 Å². The van der Waals surface area contributed by atoms with Gasteiger partial charge in [0.2, 0.25) is 5.91 Å². The molecular weight excluding hydrogens is 256 g/mol. The number of carbonyl (C=O) groups excluding carboxylic acids is 2. The van der Waals surface area contributed by atoms with Crippen LogP contribution in [0.5, 0.6) is 0 Å². The molecular formula is C15H22N2O3. The molecule has 0 aliphatic heterocycles. The number of nitrogen functional groups attached to an aromatic ring is 1. The summed E-state index contributed by atoms with van der Waals surface area (Å²) in [6.07, 6.45) is 0. The van der Waals surface area contributed by atoms with Gasteiger partial charge in [-0.15, -0.1) is 0 Å². The summed E-state index contributed by atoms with van der Waals surface area (Å²) in [5.74, 6) is -0.819. The van der Waals surface area contributed by atoms with Gasteiger partial charge in [-0.3, -0.25) is 4.79 Å². The first-order chi connectivity index (χ1) is 9.04. The summed E-state index contributed by atoms with van der Waals surface area (Å²) in [6.45, 7) is 8.32. The van der Waals surface area contributed by atoms with E-state index in [-0.39, 0.29) is 5.91 Å². The fourth-order valence-corrected chi connectivity index (χ4v) is 1.79. The summed E-state index contributed by atoms with van der Waals surface area (Å²) in [7, 11) is 0. The van der Waals surface area contributed by atoms with Gasteiger partial charge in [-0.05, 0) is 45.4 Å². The van der Waals surface area contributed by atoms with Gasteiger partial charge in [-0.2, -0.15) is 0 Å². The van der Waals surface area contributed by atoms with Crippen LogP contribution in [-0.2, 0) is 19.9 Å². The molecule has 0 saturated heterocycles. The Morgan fingerprint density at radius 1 is 1.10 bits per heavy atom. The first-order valence-corrected chi connectivity index (χ1v) is 6.43. The van der Waals surface area contributed by atoms with Crippen LogP contribution in [0, 0.1) is 0 Å². The quantitative estimate of drug-likeness (QED) is 0.654. The van der Waals surface area contributed by atoms with E-state index in [1.165, 1.54) is 6.92 Å². The van der Waals surface area contributed by atoms with Gasteiger partial charge in [0.1, 0.15) is 5.60 Å². The molecule has 110 valence electrons. The molecule has 0 heterocycles. The van der Waals surface area contributed by atoms with E-state index in [0.717, 1.165) is 0 Å². The Balaban J connectivity index is 3.18. The molecule has 5 nitrogen and oxygen atoms in total. The van der Waals surface area contributed by atoms with Gasteiger partial charge in [-0.1, -0.05) is 12.1 Å². The number of benzene rings is 1. The van der Waals surface area contributed by atoms with Crippen LogP contribution < -0.4 is 11.1 Å². The van der Waals surface area contributed by atoms with E-state index in [0.29, 0.717) is 11.3 Å². The number of rotatable bonds is 3. The Morgan fingerprint density at radius 2 is 1.60 bits per heavy atom. The van der Waals surface area contributed by atoms with Gasteiger partial charge in [-0.25, -0.2) is 4.79 Å². The summed E-state index contributed by atoms with van der Waals surface area (Å²) < 4.78 is 5.40. The van der Waals surface area contributed by atoms with Crippen LogP contribution in [0.2, 0.25) is 0 Å². The highest BCUT2D eigenvalue weighted by molar-refractivity contribution is 5.88. The zero-order valence-corrected chi connectivity index (χ0v) is 12.6. The highest BCUT2D eigenvalue weighted by Gasteiger charge is 2.39. The number of ether oxygens (including phenoxy) is 1. The minimum absolute atomic E-state index is 0.310. The summed E-state index contributed by atoms with van der Waals surface area (Å²) in [4.78, 5) is 23.9. The van der Waals surface area contributed by atoms with Crippen molar-refractivity contribution in [3.8, 4) is 0 Å². The van der Waals surface area contributed by atoms with Gasteiger partial charge in [0.05, 0.1) is 0 Å². The zero-order valence-electron chi connectivity index (χ0n) is 12.6. The molecule has 3 N–H and O–H groups in total. The third kappa shape index (κ3) is 3.98. The topological polar surface area (TPSA) is 81.4 Å². The molecule has 1 aromatic rings. The summed E-state index contributed by atoms with van der Waals surface area (Å²) in [5.41, 5.74) is 4.98. The molecule has 0 aliphatic rings. The number of nitrogens with two attached hydrogens (primary N) is 1. The zero-order chi connectivity index (χ0) is 15.6. The van der Waals surface area contributed by atoms with E-state index < -0.39 is 17.1 Å². The van der Waals surface area contributed by atoms with Crippen molar-refractivity contribution in [2.45, 2.75) is 45.8 Å². The van der Waals surface area contributed by atoms with Gasteiger partial charge < -0.3 is 15.8 Å². The third-order valence-electron chi connectivity index (χ3n) is 2.72. The van der Waals surface area contributed by atoms with Crippen molar-refractivity contribution in [2.24, 2.45) is 0 Å². The second-order valence-electron chi connectivity index (χ2n) is 5.93. The molecule has 0 aromatic heterocycles. The highest BCUT2D eigenvalue weighted by atomic mass is 16.6. The minimum atomic E-state index is -1.24. The van der Waals surface area contributed by atoms with Gasteiger partial charge >= 0.3 is 5.97 Å². The van der Waals surface area contributed by atoms with Gasteiger partial charge in [0.25, 0.3) is 0 Å². The molecule has 0 fully saturated rings. The van der Waals surface area contributed by atoms with Crippen molar-refractivity contribution in [2.75, 3.05) is 5.73 Å². The Bertz CT molecular complexity index is 503. The molecule has 20 heavy (non-hydrogen) atoms. The Labute approximate surface area is 119 Å². The first-order valence-electron chi connectivity index (χ1n) is 6.43. The maximum absolute atomic E-state index is 12.4. The predicted molar refractivity (Wildman–Crippen MR) is 77.9 cm³/mol. The number of nitrogens with one attached hydrogen (secondary N) is 1. The molecule has 1 amide bonds. The molecule has 0 unspecified atom stereocenters. The van der Waals surface area contributed by atoms with Crippen LogP contribution in [0.3, 0.4) is 0 Å². The van der Waals surface area contributed by atoms with Crippen molar-refractivity contribution in [3.05, 3.63) is 29.8 Å². The molecule has 0 bridgehead atoms. The lowest BCUT2D eigenvalue weighted by molar-refractivity contribution is -0.164. The Hall–Kier alpha value is -2.04. The van der Waals surface area contributed by atoms with Crippen LogP contribution in [-0.4, -0.2) is 17.5 Å². The third-order valence-corrected chi connectivity index (χ3v) is 2.72. The predicted octanol–water partition coefficient (Wildman–Crippen LogP) is 1.96. The fraction of sp³-hybridized carbons (Fsp3) is 0.467. The van der Waals surface area contributed by atoms with Crippen molar-refractivity contribution >= 4 is 17.6 Å². The van der Waals surface area contributed by atoms with Crippen molar-refractivity contribution in [1.82, 2.24) is 5.32 Å². The lowest BCUT2D eigenvalue weighted by Crippen LogP contribution is -2.51. The normalized spacial score (nSPS) is 14.2. The van der Waals surface area contributed by atoms with Crippen LogP contribution in [0.15, 0.2) is 24.3 Å². The number of carbonyl (C=O) groups is 2. The number of anilines is 1. The molecule has 0 aliphatic carbocycles. The number of hydrogen-bond donors (Lipinski definition) is 2. The summed E-state index contributed by atoms with van der Waals surface area (Å²) >= 11 is 0. The Kier molecular flexibility index (Phi) is 4.43. The lowest BCUT2D eigenvalue weighted by atomic mass is 9.91. The van der Waals surface area contributed by atoms with E-state index in [2.05, 4.69) is 5.32 Å². The van der Waals surface area contributed by atoms with Crippen molar-refractivity contribution in [3.63, 3.8) is 0 Å².